The lowest BCUT2D eigenvalue weighted by molar-refractivity contribution is -0.134. The van der Waals surface area contributed by atoms with Gasteiger partial charge in [-0.05, 0) is 70.2 Å². The molecule has 4 rings (SSSR count). The Morgan fingerprint density at radius 3 is 2.42 bits per heavy atom. The van der Waals surface area contributed by atoms with Crippen molar-refractivity contribution in [3.05, 3.63) is 29.3 Å². The molecule has 1 aromatic carbocycles. The molecule has 1 unspecified atom stereocenters. The number of benzene rings is 1. The molecule has 7 heteroatoms. The zero-order valence-corrected chi connectivity index (χ0v) is 19.0. The summed E-state index contributed by atoms with van der Waals surface area (Å²) < 4.78 is 5.48. The molecule has 0 radical (unpaired) electrons. The van der Waals surface area contributed by atoms with Gasteiger partial charge in [0, 0.05) is 43.7 Å². The predicted molar refractivity (Wildman–Crippen MR) is 118 cm³/mol. The van der Waals surface area contributed by atoms with Gasteiger partial charge < -0.3 is 14.5 Å². The lowest BCUT2D eigenvalue weighted by Gasteiger charge is -2.54. The van der Waals surface area contributed by atoms with Crippen molar-refractivity contribution in [3.8, 4) is 0 Å². The van der Waals surface area contributed by atoms with E-state index < -0.39 is 5.60 Å². The molecule has 3 heterocycles. The fourth-order valence-corrected chi connectivity index (χ4v) is 5.01. The van der Waals surface area contributed by atoms with Gasteiger partial charge >= 0.3 is 6.09 Å². The molecule has 1 N–H and O–H groups in total. The molecule has 1 atom stereocenters. The van der Waals surface area contributed by atoms with Crippen molar-refractivity contribution in [1.82, 2.24) is 10.2 Å². The molecule has 31 heavy (non-hydrogen) atoms. The van der Waals surface area contributed by atoms with Gasteiger partial charge in [-0.15, -0.1) is 0 Å². The Bertz CT molecular complexity index is 889. The van der Waals surface area contributed by atoms with Crippen LogP contribution >= 0.6 is 0 Å². The average Bonchev–Trinajstić information content (AvgIpc) is 2.65. The number of anilines is 1. The molecule has 0 bridgehead atoms. The fraction of sp³-hybridized carbons (Fsp3) is 0.625. The number of hydrogen-bond acceptors (Lipinski definition) is 5. The maximum absolute atomic E-state index is 12.2. The van der Waals surface area contributed by atoms with E-state index in [-0.39, 0.29) is 29.2 Å². The number of ether oxygens (including phenoxy) is 1. The van der Waals surface area contributed by atoms with Gasteiger partial charge in [0.1, 0.15) is 5.60 Å². The molecule has 3 aliphatic heterocycles. The molecule has 1 spiro atoms. The van der Waals surface area contributed by atoms with E-state index in [9.17, 15) is 14.4 Å². The second-order valence-electron chi connectivity index (χ2n) is 10.4. The van der Waals surface area contributed by atoms with E-state index >= 15 is 0 Å². The summed E-state index contributed by atoms with van der Waals surface area (Å²) in [6, 6.07) is 6.30. The molecule has 0 saturated carbocycles. The van der Waals surface area contributed by atoms with Gasteiger partial charge in [0.2, 0.25) is 11.8 Å². The summed E-state index contributed by atoms with van der Waals surface area (Å²) >= 11 is 0. The van der Waals surface area contributed by atoms with Crippen molar-refractivity contribution in [2.24, 2.45) is 5.41 Å². The number of rotatable bonds is 2. The van der Waals surface area contributed by atoms with Crippen molar-refractivity contribution in [3.63, 3.8) is 0 Å². The van der Waals surface area contributed by atoms with Crippen LogP contribution in [0.25, 0.3) is 0 Å². The Labute approximate surface area is 184 Å². The third kappa shape index (κ3) is 4.55. The van der Waals surface area contributed by atoms with Gasteiger partial charge in [-0.3, -0.25) is 14.9 Å². The number of nitrogens with zero attached hydrogens (tertiary/aromatic N) is 2. The molecular formula is C24H33N3O4. The molecule has 7 nitrogen and oxygen atoms in total. The van der Waals surface area contributed by atoms with Crippen LogP contribution in [0.1, 0.15) is 63.5 Å². The van der Waals surface area contributed by atoms with E-state index in [2.05, 4.69) is 22.3 Å². The SMILES string of the molecule is Cc1cc(N2CCC3(CC2)CN(C(=O)OC(C)(C)C)C3)ccc1C1CCC(=O)NC1=O. The first-order valence-corrected chi connectivity index (χ1v) is 11.2. The first-order valence-electron chi connectivity index (χ1n) is 11.2. The van der Waals surface area contributed by atoms with Gasteiger partial charge in [-0.25, -0.2) is 4.79 Å². The summed E-state index contributed by atoms with van der Waals surface area (Å²) in [6.07, 6.45) is 2.87. The zero-order chi connectivity index (χ0) is 22.4. The minimum absolute atomic E-state index is 0.181. The topological polar surface area (TPSA) is 79.0 Å². The standard InChI is InChI=1S/C24H33N3O4/c1-16-13-17(5-6-18(16)19-7-8-20(28)25-21(19)29)26-11-9-24(10-12-26)14-27(15-24)22(30)31-23(2,3)4/h5-6,13,19H,7-12,14-15H2,1-4H3,(H,25,28,29). The molecular weight excluding hydrogens is 394 g/mol. The van der Waals surface area contributed by atoms with Crippen molar-refractivity contribution >= 4 is 23.6 Å². The normalized spacial score (nSPS) is 23.4. The number of aryl methyl sites for hydroxylation is 1. The lowest BCUT2D eigenvalue weighted by Crippen LogP contribution is -2.62. The minimum atomic E-state index is -0.457. The maximum atomic E-state index is 12.2. The van der Waals surface area contributed by atoms with Gasteiger partial charge in [0.05, 0.1) is 5.92 Å². The Morgan fingerprint density at radius 1 is 1.16 bits per heavy atom. The van der Waals surface area contributed by atoms with Crippen molar-refractivity contribution < 1.29 is 19.1 Å². The van der Waals surface area contributed by atoms with Crippen LogP contribution in [-0.4, -0.2) is 54.6 Å². The van der Waals surface area contributed by atoms with E-state index in [0.29, 0.717) is 12.8 Å². The van der Waals surface area contributed by atoms with Crippen LogP contribution < -0.4 is 10.2 Å². The van der Waals surface area contributed by atoms with Crippen LogP contribution in [0.15, 0.2) is 18.2 Å². The largest absolute Gasteiger partial charge is 0.444 e. The highest BCUT2D eigenvalue weighted by Crippen LogP contribution is 2.42. The number of amides is 3. The first kappa shape index (κ1) is 21.7. The van der Waals surface area contributed by atoms with Crippen LogP contribution in [0, 0.1) is 12.3 Å². The van der Waals surface area contributed by atoms with Crippen molar-refractivity contribution in [2.75, 3.05) is 31.1 Å². The third-order valence-corrected chi connectivity index (χ3v) is 6.76. The number of nitrogens with one attached hydrogen (secondary N) is 1. The highest BCUT2D eigenvalue weighted by molar-refractivity contribution is 6.01. The predicted octanol–water partition coefficient (Wildman–Crippen LogP) is 3.35. The Balaban J connectivity index is 1.34. The second kappa shape index (κ2) is 7.84. The first-order chi connectivity index (χ1) is 14.6. The van der Waals surface area contributed by atoms with E-state index in [1.165, 1.54) is 5.69 Å². The number of carbonyl (C=O) groups is 3. The summed E-state index contributed by atoms with van der Waals surface area (Å²) in [6.45, 7) is 11.2. The van der Waals surface area contributed by atoms with Gasteiger partial charge in [0.25, 0.3) is 0 Å². The monoisotopic (exact) mass is 427 g/mol. The Hall–Kier alpha value is -2.57. The highest BCUT2D eigenvalue weighted by Gasteiger charge is 2.47. The molecule has 0 aromatic heterocycles. The molecule has 3 amide bonds. The highest BCUT2D eigenvalue weighted by atomic mass is 16.6. The molecule has 3 aliphatic rings. The second-order valence-corrected chi connectivity index (χ2v) is 10.4. The third-order valence-electron chi connectivity index (χ3n) is 6.76. The van der Waals surface area contributed by atoms with Crippen LogP contribution in [0.3, 0.4) is 0 Å². The van der Waals surface area contributed by atoms with E-state index in [0.717, 1.165) is 50.1 Å². The summed E-state index contributed by atoms with van der Waals surface area (Å²) in [5.74, 6) is -0.615. The number of hydrogen-bond donors (Lipinski definition) is 1. The van der Waals surface area contributed by atoms with Crippen molar-refractivity contribution in [1.29, 1.82) is 0 Å². The van der Waals surface area contributed by atoms with Gasteiger partial charge in [-0.1, -0.05) is 6.07 Å². The minimum Gasteiger partial charge on any atom is -0.444 e. The van der Waals surface area contributed by atoms with Gasteiger partial charge in [0.15, 0.2) is 0 Å². The van der Waals surface area contributed by atoms with E-state index in [1.807, 2.05) is 38.7 Å². The quantitative estimate of drug-likeness (QED) is 0.733. The van der Waals surface area contributed by atoms with E-state index in [4.69, 9.17) is 4.74 Å². The van der Waals surface area contributed by atoms with Crippen molar-refractivity contribution in [2.45, 2.75) is 64.9 Å². The molecule has 0 aliphatic carbocycles. The van der Waals surface area contributed by atoms with Crippen LogP contribution in [0.5, 0.6) is 0 Å². The van der Waals surface area contributed by atoms with Crippen LogP contribution in [-0.2, 0) is 14.3 Å². The lowest BCUT2D eigenvalue weighted by atomic mass is 9.72. The molecule has 1 aromatic rings. The van der Waals surface area contributed by atoms with E-state index in [1.54, 1.807) is 0 Å². The van der Waals surface area contributed by atoms with Crippen LogP contribution in [0.2, 0.25) is 0 Å². The number of piperidine rings is 2. The number of imide groups is 1. The smallest absolute Gasteiger partial charge is 0.410 e. The summed E-state index contributed by atoms with van der Waals surface area (Å²) in [7, 11) is 0. The number of likely N-dealkylation sites (tertiary alicyclic amines) is 1. The Morgan fingerprint density at radius 2 is 1.84 bits per heavy atom. The molecule has 168 valence electrons. The molecule has 3 fully saturated rings. The maximum Gasteiger partial charge on any atom is 0.410 e. The Kier molecular flexibility index (Phi) is 5.48. The zero-order valence-electron chi connectivity index (χ0n) is 19.0. The fourth-order valence-electron chi connectivity index (χ4n) is 5.01. The summed E-state index contributed by atoms with van der Waals surface area (Å²) in [5.41, 5.74) is 3.03. The molecule has 3 saturated heterocycles. The van der Waals surface area contributed by atoms with Crippen LogP contribution in [0.4, 0.5) is 10.5 Å². The average molecular weight is 428 g/mol. The van der Waals surface area contributed by atoms with Gasteiger partial charge in [-0.2, -0.15) is 0 Å². The summed E-state index contributed by atoms with van der Waals surface area (Å²) in [5, 5.41) is 2.45. The summed E-state index contributed by atoms with van der Waals surface area (Å²) in [4.78, 5) is 40.1. The number of carbonyl (C=O) groups excluding carboxylic acids is 3.